The van der Waals surface area contributed by atoms with Crippen molar-refractivity contribution in [3.63, 3.8) is 0 Å². The maximum Gasteiger partial charge on any atom is 0.417 e. The van der Waals surface area contributed by atoms with Gasteiger partial charge < -0.3 is 9.26 Å². The molecule has 0 unspecified atom stereocenters. The number of halogens is 3. The van der Waals surface area contributed by atoms with E-state index in [0.717, 1.165) is 6.07 Å². The van der Waals surface area contributed by atoms with Gasteiger partial charge in [0.05, 0.1) is 5.56 Å². The highest BCUT2D eigenvalue weighted by molar-refractivity contribution is 5.75. The van der Waals surface area contributed by atoms with Crippen molar-refractivity contribution in [2.24, 2.45) is 0 Å². The Labute approximate surface area is 140 Å². The molecule has 0 aliphatic rings. The number of ether oxygens (including phenoxy) is 1. The van der Waals surface area contributed by atoms with Crippen LogP contribution in [0.25, 0.3) is 11.4 Å². The van der Waals surface area contributed by atoms with Gasteiger partial charge in [-0.25, -0.2) is 0 Å². The predicted molar refractivity (Wildman–Crippen MR) is 80.9 cm³/mol. The van der Waals surface area contributed by atoms with Crippen molar-refractivity contribution < 1.29 is 27.2 Å². The Bertz CT molecular complexity index is 891. The molecule has 5 nitrogen and oxygen atoms in total. The fraction of sp³-hybridized carbons (Fsp3) is 0.118. The number of hydrogen-bond donors (Lipinski definition) is 0. The fourth-order valence-corrected chi connectivity index (χ4v) is 2.17. The van der Waals surface area contributed by atoms with Crippen molar-refractivity contribution in [1.82, 2.24) is 10.1 Å². The number of carbonyl (C=O) groups is 1. The van der Waals surface area contributed by atoms with Gasteiger partial charge in [0.15, 0.2) is 6.61 Å². The second-order valence-corrected chi connectivity index (χ2v) is 5.03. The Kier molecular flexibility index (Phi) is 4.51. The van der Waals surface area contributed by atoms with Gasteiger partial charge in [-0.3, -0.25) is 4.79 Å². The van der Waals surface area contributed by atoms with Gasteiger partial charge >= 0.3 is 6.18 Å². The number of alkyl halides is 3. The molecule has 3 rings (SSSR count). The second-order valence-electron chi connectivity index (χ2n) is 5.03. The van der Waals surface area contributed by atoms with Crippen molar-refractivity contribution in [1.29, 1.82) is 0 Å². The number of nitrogens with zero attached hydrogens (tertiary/aromatic N) is 2. The molecule has 8 heteroatoms. The van der Waals surface area contributed by atoms with Crippen LogP contribution in [-0.2, 0) is 12.8 Å². The average molecular weight is 348 g/mol. The van der Waals surface area contributed by atoms with Gasteiger partial charge in [0.2, 0.25) is 5.82 Å². The van der Waals surface area contributed by atoms with E-state index in [2.05, 4.69) is 10.1 Å². The molecule has 25 heavy (non-hydrogen) atoms. The third-order valence-corrected chi connectivity index (χ3v) is 3.30. The van der Waals surface area contributed by atoms with Crippen LogP contribution < -0.4 is 4.74 Å². The number of hydrogen-bond acceptors (Lipinski definition) is 5. The van der Waals surface area contributed by atoms with Crippen LogP contribution in [0.3, 0.4) is 0 Å². The van der Waals surface area contributed by atoms with E-state index in [-0.39, 0.29) is 23.9 Å². The Morgan fingerprint density at radius 3 is 2.68 bits per heavy atom. The molecule has 0 N–H and O–H groups in total. The lowest BCUT2D eigenvalue weighted by Crippen LogP contribution is -2.07. The van der Waals surface area contributed by atoms with E-state index >= 15 is 0 Å². The summed E-state index contributed by atoms with van der Waals surface area (Å²) in [5.74, 6) is 0.247. The third kappa shape index (κ3) is 3.85. The summed E-state index contributed by atoms with van der Waals surface area (Å²) < 4.78 is 49.5. The van der Waals surface area contributed by atoms with Crippen LogP contribution in [0.5, 0.6) is 5.75 Å². The summed E-state index contributed by atoms with van der Waals surface area (Å²) >= 11 is 0. The first-order valence-corrected chi connectivity index (χ1v) is 7.14. The Morgan fingerprint density at radius 2 is 1.92 bits per heavy atom. The molecule has 0 saturated carbocycles. The highest BCUT2D eigenvalue weighted by atomic mass is 19.4. The minimum Gasteiger partial charge on any atom is -0.484 e. The van der Waals surface area contributed by atoms with Crippen LogP contribution in [0.15, 0.2) is 53.1 Å². The molecule has 0 amide bonds. The lowest BCUT2D eigenvalue weighted by molar-refractivity contribution is -0.137. The van der Waals surface area contributed by atoms with Crippen molar-refractivity contribution in [3.8, 4) is 17.1 Å². The Hall–Kier alpha value is -3.16. The van der Waals surface area contributed by atoms with Crippen molar-refractivity contribution in [2.45, 2.75) is 12.8 Å². The van der Waals surface area contributed by atoms with Gasteiger partial charge in [0.25, 0.3) is 5.89 Å². The van der Waals surface area contributed by atoms with E-state index in [1.807, 2.05) is 0 Å². The van der Waals surface area contributed by atoms with E-state index in [4.69, 9.17) is 9.26 Å². The number of benzene rings is 2. The predicted octanol–water partition coefficient (Wildman–Crippen LogP) is 4.15. The molecule has 0 fully saturated rings. The van der Waals surface area contributed by atoms with Crippen molar-refractivity contribution in [3.05, 3.63) is 65.5 Å². The first-order chi connectivity index (χ1) is 12.0. The summed E-state index contributed by atoms with van der Waals surface area (Å²) in [6.45, 7) is -0.135. The number of carbonyl (C=O) groups excluding carboxylic acids is 1. The van der Waals surface area contributed by atoms with E-state index in [9.17, 15) is 18.0 Å². The van der Waals surface area contributed by atoms with E-state index in [0.29, 0.717) is 17.6 Å². The van der Waals surface area contributed by atoms with E-state index in [1.165, 1.54) is 24.3 Å². The second kappa shape index (κ2) is 6.76. The van der Waals surface area contributed by atoms with Crippen LogP contribution in [0, 0.1) is 0 Å². The summed E-state index contributed by atoms with van der Waals surface area (Å²) in [4.78, 5) is 14.7. The van der Waals surface area contributed by atoms with Gasteiger partial charge in [0.1, 0.15) is 12.0 Å². The summed E-state index contributed by atoms with van der Waals surface area (Å²) in [5.41, 5.74) is -0.585. The van der Waals surface area contributed by atoms with Gasteiger partial charge in [-0.05, 0) is 18.2 Å². The highest BCUT2D eigenvalue weighted by Crippen LogP contribution is 2.35. The first kappa shape index (κ1) is 16.7. The minimum absolute atomic E-state index is 0.0171. The zero-order valence-electron chi connectivity index (χ0n) is 12.7. The van der Waals surface area contributed by atoms with Gasteiger partial charge in [-0.15, -0.1) is 0 Å². The maximum absolute atomic E-state index is 13.0. The van der Waals surface area contributed by atoms with Crippen LogP contribution in [-0.4, -0.2) is 16.4 Å². The van der Waals surface area contributed by atoms with Crippen LogP contribution in [0.1, 0.15) is 21.8 Å². The molecule has 0 bridgehead atoms. The number of aromatic nitrogens is 2. The fourth-order valence-electron chi connectivity index (χ4n) is 2.17. The Morgan fingerprint density at radius 1 is 1.12 bits per heavy atom. The average Bonchev–Trinajstić information content (AvgIpc) is 3.08. The third-order valence-electron chi connectivity index (χ3n) is 3.30. The standard InChI is InChI=1S/C17H11F3N2O3/c18-17(19,20)14-7-2-1-6-13(14)16-21-15(25-22-16)10-24-12-5-3-4-11(8-12)9-23/h1-9H,10H2. The smallest absolute Gasteiger partial charge is 0.417 e. The first-order valence-electron chi connectivity index (χ1n) is 7.14. The minimum atomic E-state index is -4.52. The zero-order chi connectivity index (χ0) is 17.9. The van der Waals surface area contributed by atoms with Gasteiger partial charge in [-0.1, -0.05) is 35.5 Å². The lowest BCUT2D eigenvalue weighted by atomic mass is 10.1. The normalized spacial score (nSPS) is 11.3. The van der Waals surface area contributed by atoms with Gasteiger partial charge in [-0.2, -0.15) is 18.2 Å². The summed E-state index contributed by atoms with van der Waals surface area (Å²) in [5, 5.41) is 3.58. The quantitative estimate of drug-likeness (QED) is 0.648. The molecule has 2 aromatic carbocycles. The monoisotopic (exact) mass is 348 g/mol. The lowest BCUT2D eigenvalue weighted by Gasteiger charge is -2.09. The largest absolute Gasteiger partial charge is 0.484 e. The molecule has 0 saturated heterocycles. The van der Waals surface area contributed by atoms with Gasteiger partial charge in [0, 0.05) is 11.1 Å². The van der Waals surface area contributed by atoms with Crippen LogP contribution in [0.2, 0.25) is 0 Å². The number of aldehydes is 1. The molecule has 128 valence electrons. The molecule has 0 spiro atoms. The SMILES string of the molecule is O=Cc1cccc(OCc2nc(-c3ccccc3C(F)(F)F)no2)c1. The van der Waals surface area contributed by atoms with Crippen LogP contribution >= 0.6 is 0 Å². The van der Waals surface area contributed by atoms with Crippen molar-refractivity contribution >= 4 is 6.29 Å². The molecule has 0 atom stereocenters. The molecule has 0 aliphatic heterocycles. The molecule has 1 aromatic heterocycles. The topological polar surface area (TPSA) is 65.2 Å². The number of rotatable bonds is 5. The summed E-state index contributed by atoms with van der Waals surface area (Å²) in [7, 11) is 0. The molecule has 0 radical (unpaired) electrons. The molecular formula is C17H11F3N2O3. The molecule has 0 aliphatic carbocycles. The maximum atomic E-state index is 13.0. The molecular weight excluding hydrogens is 337 g/mol. The van der Waals surface area contributed by atoms with E-state index < -0.39 is 11.7 Å². The molecule has 3 aromatic rings. The van der Waals surface area contributed by atoms with E-state index in [1.54, 1.807) is 18.2 Å². The molecule has 1 heterocycles. The zero-order valence-corrected chi connectivity index (χ0v) is 12.7. The summed E-state index contributed by atoms with van der Waals surface area (Å²) in [6, 6.07) is 11.4. The highest BCUT2D eigenvalue weighted by Gasteiger charge is 2.34. The Balaban J connectivity index is 1.78. The van der Waals surface area contributed by atoms with Crippen LogP contribution in [0.4, 0.5) is 13.2 Å². The summed E-state index contributed by atoms with van der Waals surface area (Å²) in [6.07, 6.45) is -3.85. The van der Waals surface area contributed by atoms with Crippen molar-refractivity contribution in [2.75, 3.05) is 0 Å².